The van der Waals surface area contributed by atoms with E-state index in [1.807, 2.05) is 12.1 Å². The van der Waals surface area contributed by atoms with Gasteiger partial charge in [0.2, 0.25) is 0 Å². The molecule has 114 valence electrons. The van der Waals surface area contributed by atoms with Crippen LogP contribution in [0.15, 0.2) is 42.5 Å². The van der Waals surface area contributed by atoms with Gasteiger partial charge in [-0.25, -0.2) is 14.6 Å². The fourth-order valence-electron chi connectivity index (χ4n) is 1.94. The average molecular weight is 299 g/mol. The molecule has 0 saturated carbocycles. The molecule has 5 heteroatoms. The number of carbonyl (C=O) groups excluding carboxylic acids is 2. The highest BCUT2D eigenvalue weighted by Crippen LogP contribution is 2.15. The zero-order chi connectivity index (χ0) is 15.9. The van der Waals surface area contributed by atoms with E-state index in [2.05, 4.69) is 16.6 Å². The van der Waals surface area contributed by atoms with E-state index in [-0.39, 0.29) is 11.4 Å². The highest BCUT2D eigenvalue weighted by Gasteiger charge is 2.14. The molecule has 0 unspecified atom stereocenters. The third-order valence-electron chi connectivity index (χ3n) is 3.03. The van der Waals surface area contributed by atoms with Gasteiger partial charge in [-0.15, -0.1) is 0 Å². The van der Waals surface area contributed by atoms with Crippen molar-refractivity contribution in [3.63, 3.8) is 0 Å². The lowest BCUT2D eigenvalue weighted by atomic mass is 10.1. The van der Waals surface area contributed by atoms with Crippen molar-refractivity contribution in [3.8, 4) is 5.75 Å². The number of hydrogen-bond acceptors (Lipinski definition) is 5. The lowest BCUT2D eigenvalue weighted by Crippen LogP contribution is -2.13. The topological polar surface area (TPSA) is 65.5 Å². The Kier molecular flexibility index (Phi) is 5.25. The van der Waals surface area contributed by atoms with E-state index in [0.717, 1.165) is 12.8 Å². The first-order valence-electron chi connectivity index (χ1n) is 7.00. The third-order valence-corrected chi connectivity index (χ3v) is 3.03. The maximum absolute atomic E-state index is 12.1. The number of rotatable bonds is 5. The molecule has 0 aliphatic carbocycles. The Balaban J connectivity index is 2.10. The lowest BCUT2D eigenvalue weighted by molar-refractivity contribution is 0.0593. The summed E-state index contributed by atoms with van der Waals surface area (Å²) in [5.74, 6) is -0.775. The van der Waals surface area contributed by atoms with Gasteiger partial charge in [-0.3, -0.25) is 0 Å². The van der Waals surface area contributed by atoms with Crippen LogP contribution in [0.4, 0.5) is 0 Å². The van der Waals surface area contributed by atoms with Gasteiger partial charge in [0, 0.05) is 0 Å². The van der Waals surface area contributed by atoms with Gasteiger partial charge in [-0.1, -0.05) is 31.5 Å². The molecule has 0 bridgehead atoms. The molecule has 0 amide bonds. The quantitative estimate of drug-likeness (QED) is 0.627. The van der Waals surface area contributed by atoms with E-state index in [1.54, 1.807) is 18.2 Å². The normalized spacial score (nSPS) is 10.1. The molecular formula is C17H17NO4. The zero-order valence-electron chi connectivity index (χ0n) is 12.5. The summed E-state index contributed by atoms with van der Waals surface area (Å²) in [4.78, 5) is 27.4. The predicted octanol–water partition coefficient (Wildman–Crippen LogP) is 3.04. The molecule has 2 rings (SSSR count). The molecule has 0 N–H and O–H groups in total. The fourth-order valence-corrected chi connectivity index (χ4v) is 1.94. The molecule has 1 heterocycles. The third kappa shape index (κ3) is 3.91. The Morgan fingerprint density at radius 2 is 1.64 bits per heavy atom. The monoisotopic (exact) mass is 299 g/mol. The van der Waals surface area contributed by atoms with Gasteiger partial charge in [-0.05, 0) is 36.2 Å². The van der Waals surface area contributed by atoms with E-state index in [0.29, 0.717) is 5.75 Å². The number of ether oxygens (including phenoxy) is 2. The maximum atomic E-state index is 12.1. The van der Waals surface area contributed by atoms with Crippen LogP contribution in [0.5, 0.6) is 5.75 Å². The van der Waals surface area contributed by atoms with Crippen LogP contribution in [0.3, 0.4) is 0 Å². The molecule has 0 spiro atoms. The standard InChI is InChI=1S/C17H17NO4/c1-3-5-12-8-10-13(11-9-12)22-17(20)15-7-4-6-14(18-15)16(19)21-2/h4,6-11H,3,5H2,1-2H3. The second-order valence-electron chi connectivity index (χ2n) is 4.68. The molecule has 22 heavy (non-hydrogen) atoms. The Bertz CT molecular complexity index is 665. The smallest absolute Gasteiger partial charge is 0.362 e. The van der Waals surface area contributed by atoms with Gasteiger partial charge >= 0.3 is 11.9 Å². The molecule has 1 aromatic carbocycles. The van der Waals surface area contributed by atoms with Crippen LogP contribution in [0.25, 0.3) is 0 Å². The molecule has 0 saturated heterocycles. The van der Waals surface area contributed by atoms with E-state index in [1.165, 1.54) is 24.8 Å². The molecule has 2 aromatic rings. The average Bonchev–Trinajstić information content (AvgIpc) is 2.56. The summed E-state index contributed by atoms with van der Waals surface area (Å²) in [5, 5.41) is 0. The van der Waals surface area contributed by atoms with E-state index >= 15 is 0 Å². The van der Waals surface area contributed by atoms with Crippen LogP contribution in [0.1, 0.15) is 39.9 Å². The second kappa shape index (κ2) is 7.36. The van der Waals surface area contributed by atoms with Crippen molar-refractivity contribution < 1.29 is 19.1 Å². The van der Waals surface area contributed by atoms with Gasteiger partial charge in [0.15, 0.2) is 0 Å². The molecule has 0 aliphatic heterocycles. The molecule has 1 aromatic heterocycles. The molecule has 0 atom stereocenters. The van der Waals surface area contributed by atoms with Gasteiger partial charge in [-0.2, -0.15) is 0 Å². The van der Waals surface area contributed by atoms with Crippen LogP contribution < -0.4 is 4.74 Å². The van der Waals surface area contributed by atoms with Crippen LogP contribution in [-0.4, -0.2) is 24.0 Å². The van der Waals surface area contributed by atoms with Gasteiger partial charge in [0.1, 0.15) is 17.1 Å². The van der Waals surface area contributed by atoms with Crippen molar-refractivity contribution in [2.45, 2.75) is 19.8 Å². The van der Waals surface area contributed by atoms with Crippen molar-refractivity contribution in [2.75, 3.05) is 7.11 Å². The van der Waals surface area contributed by atoms with Crippen LogP contribution in [-0.2, 0) is 11.2 Å². The van der Waals surface area contributed by atoms with Crippen LogP contribution >= 0.6 is 0 Å². The summed E-state index contributed by atoms with van der Waals surface area (Å²) in [5.41, 5.74) is 1.31. The maximum Gasteiger partial charge on any atom is 0.362 e. The first-order valence-corrected chi connectivity index (χ1v) is 7.00. The Morgan fingerprint density at radius 3 is 2.23 bits per heavy atom. The molecule has 0 aliphatic rings. The summed E-state index contributed by atoms with van der Waals surface area (Å²) in [6.45, 7) is 2.11. The van der Waals surface area contributed by atoms with Crippen molar-refractivity contribution in [3.05, 3.63) is 59.4 Å². The minimum Gasteiger partial charge on any atom is -0.464 e. The molecule has 0 radical (unpaired) electrons. The van der Waals surface area contributed by atoms with Gasteiger partial charge < -0.3 is 9.47 Å². The van der Waals surface area contributed by atoms with Gasteiger partial charge in [0.25, 0.3) is 0 Å². The summed E-state index contributed by atoms with van der Waals surface area (Å²) >= 11 is 0. The van der Waals surface area contributed by atoms with Crippen molar-refractivity contribution in [1.29, 1.82) is 0 Å². The van der Waals surface area contributed by atoms with E-state index < -0.39 is 11.9 Å². The fraction of sp³-hybridized carbons (Fsp3) is 0.235. The predicted molar refractivity (Wildman–Crippen MR) is 81.0 cm³/mol. The van der Waals surface area contributed by atoms with Crippen LogP contribution in [0.2, 0.25) is 0 Å². The van der Waals surface area contributed by atoms with E-state index in [9.17, 15) is 9.59 Å². The Hall–Kier alpha value is -2.69. The minimum atomic E-state index is -0.617. The van der Waals surface area contributed by atoms with Crippen molar-refractivity contribution in [1.82, 2.24) is 4.98 Å². The number of carbonyl (C=O) groups is 2. The highest BCUT2D eigenvalue weighted by molar-refractivity contribution is 5.92. The SMILES string of the molecule is CCCc1ccc(OC(=O)c2cccc(C(=O)OC)n2)cc1. The van der Waals surface area contributed by atoms with E-state index in [4.69, 9.17) is 4.74 Å². The Morgan fingerprint density at radius 1 is 1.00 bits per heavy atom. The number of benzene rings is 1. The number of nitrogens with zero attached hydrogens (tertiary/aromatic N) is 1. The van der Waals surface area contributed by atoms with Crippen molar-refractivity contribution in [2.24, 2.45) is 0 Å². The second-order valence-corrected chi connectivity index (χ2v) is 4.68. The van der Waals surface area contributed by atoms with Crippen LogP contribution in [0, 0.1) is 0 Å². The summed E-state index contributed by atoms with van der Waals surface area (Å²) in [7, 11) is 1.26. The lowest BCUT2D eigenvalue weighted by Gasteiger charge is -2.06. The Labute approximate surface area is 128 Å². The summed E-state index contributed by atoms with van der Waals surface area (Å²) in [6, 6.07) is 11.8. The number of hydrogen-bond donors (Lipinski definition) is 0. The number of aromatic nitrogens is 1. The number of pyridine rings is 1. The first kappa shape index (κ1) is 15.7. The number of methoxy groups -OCH3 is 1. The highest BCUT2D eigenvalue weighted by atomic mass is 16.5. The van der Waals surface area contributed by atoms with Crippen molar-refractivity contribution >= 4 is 11.9 Å². The number of aryl methyl sites for hydroxylation is 1. The summed E-state index contributed by atoms with van der Waals surface area (Å²) < 4.78 is 9.82. The molecular weight excluding hydrogens is 282 g/mol. The minimum absolute atomic E-state index is 0.0561. The van der Waals surface area contributed by atoms with Gasteiger partial charge in [0.05, 0.1) is 7.11 Å². The molecule has 5 nitrogen and oxygen atoms in total. The molecule has 0 fully saturated rings. The number of esters is 2. The zero-order valence-corrected chi connectivity index (χ0v) is 12.5. The first-order chi connectivity index (χ1) is 10.6. The largest absolute Gasteiger partial charge is 0.464 e. The summed E-state index contributed by atoms with van der Waals surface area (Å²) in [6.07, 6.45) is 2.04.